The highest BCUT2D eigenvalue weighted by Crippen LogP contribution is 2.20. The summed E-state index contributed by atoms with van der Waals surface area (Å²) >= 11 is 0. The molecular formula is C34H41N5O6. The maximum atomic E-state index is 13.9. The van der Waals surface area contributed by atoms with Crippen molar-refractivity contribution in [2.75, 3.05) is 6.61 Å². The minimum atomic E-state index is -1.18. The number of aromatic amines is 1. The summed E-state index contributed by atoms with van der Waals surface area (Å²) in [5, 5.41) is 30.2. The van der Waals surface area contributed by atoms with Gasteiger partial charge in [0.05, 0.1) is 25.1 Å². The van der Waals surface area contributed by atoms with Crippen molar-refractivity contribution in [3.63, 3.8) is 0 Å². The van der Waals surface area contributed by atoms with E-state index in [4.69, 9.17) is 4.74 Å². The molecule has 0 saturated heterocycles. The number of hydrogen-bond acceptors (Lipinski definition) is 7. The number of imidazole rings is 1. The molecule has 0 unspecified atom stereocenters. The first-order valence-electron chi connectivity index (χ1n) is 15.0. The summed E-state index contributed by atoms with van der Waals surface area (Å²) in [5.41, 5.74) is 2.22. The van der Waals surface area contributed by atoms with Gasteiger partial charge in [0.15, 0.2) is 0 Å². The maximum absolute atomic E-state index is 13.9. The van der Waals surface area contributed by atoms with Gasteiger partial charge in [-0.05, 0) is 34.2 Å². The van der Waals surface area contributed by atoms with E-state index in [9.17, 15) is 24.6 Å². The van der Waals surface area contributed by atoms with Crippen molar-refractivity contribution in [1.29, 1.82) is 0 Å². The lowest BCUT2D eigenvalue weighted by atomic mass is 9.97. The van der Waals surface area contributed by atoms with Gasteiger partial charge in [-0.2, -0.15) is 0 Å². The van der Waals surface area contributed by atoms with Gasteiger partial charge in [0.1, 0.15) is 18.7 Å². The lowest BCUT2D eigenvalue weighted by molar-refractivity contribution is -0.131. The van der Waals surface area contributed by atoms with Crippen LogP contribution in [-0.4, -0.2) is 68.9 Å². The van der Waals surface area contributed by atoms with Crippen molar-refractivity contribution in [3.8, 4) is 0 Å². The van der Waals surface area contributed by atoms with Crippen LogP contribution in [-0.2, 0) is 33.8 Å². The average Bonchev–Trinajstić information content (AvgIpc) is 3.56. The normalized spacial score (nSPS) is 13.9. The zero-order chi connectivity index (χ0) is 32.2. The molecule has 11 nitrogen and oxygen atoms in total. The summed E-state index contributed by atoms with van der Waals surface area (Å²) < 4.78 is 5.43. The Labute approximate surface area is 262 Å². The fraction of sp³-hybridized carbons (Fsp3) is 0.353. The summed E-state index contributed by atoms with van der Waals surface area (Å²) in [5.74, 6) is -1.03. The summed E-state index contributed by atoms with van der Waals surface area (Å²) in [6, 6.07) is 19.8. The van der Waals surface area contributed by atoms with Crippen molar-refractivity contribution in [2.45, 2.75) is 63.9 Å². The fourth-order valence-corrected chi connectivity index (χ4v) is 5.14. The monoisotopic (exact) mass is 615 g/mol. The number of aromatic nitrogens is 2. The number of nitrogens with zero attached hydrogens (tertiary/aromatic N) is 1. The van der Waals surface area contributed by atoms with Gasteiger partial charge in [0.25, 0.3) is 0 Å². The lowest BCUT2D eigenvalue weighted by Gasteiger charge is -2.28. The second kappa shape index (κ2) is 16.4. The molecule has 0 aliphatic rings. The number of aliphatic hydroxyl groups excluding tert-OH is 2. The maximum Gasteiger partial charge on any atom is 0.408 e. The van der Waals surface area contributed by atoms with Crippen LogP contribution >= 0.6 is 0 Å². The van der Waals surface area contributed by atoms with Crippen molar-refractivity contribution in [2.24, 2.45) is 5.92 Å². The molecule has 3 amide bonds. The number of H-pyrrole nitrogens is 1. The van der Waals surface area contributed by atoms with Gasteiger partial charge in [0.2, 0.25) is 11.8 Å². The SMILES string of the molecule is CC(C)C[C@H](NC(=O)[C@H](Cc1cnc[nH]1)NC(=O)[C@H](Cc1cccc2ccccc12)NC(=O)OCc1ccccc1)[C@H](O)CO. The third-order valence-electron chi connectivity index (χ3n) is 7.44. The highest BCUT2D eigenvalue weighted by molar-refractivity contribution is 5.93. The molecule has 4 aromatic rings. The van der Waals surface area contributed by atoms with Gasteiger partial charge < -0.3 is 35.9 Å². The Balaban J connectivity index is 1.57. The topological polar surface area (TPSA) is 166 Å². The van der Waals surface area contributed by atoms with E-state index >= 15 is 0 Å². The number of alkyl carbamates (subject to hydrolysis) is 1. The zero-order valence-corrected chi connectivity index (χ0v) is 25.5. The highest BCUT2D eigenvalue weighted by Gasteiger charge is 2.31. The van der Waals surface area contributed by atoms with Crippen molar-refractivity contribution in [1.82, 2.24) is 25.9 Å². The van der Waals surface area contributed by atoms with Gasteiger partial charge in [-0.1, -0.05) is 86.6 Å². The van der Waals surface area contributed by atoms with Gasteiger partial charge >= 0.3 is 6.09 Å². The number of hydrogen-bond donors (Lipinski definition) is 6. The molecule has 1 heterocycles. The summed E-state index contributed by atoms with van der Waals surface area (Å²) in [6.45, 7) is 3.36. The predicted octanol–water partition coefficient (Wildman–Crippen LogP) is 3.01. The zero-order valence-electron chi connectivity index (χ0n) is 25.5. The Hall–Kier alpha value is -4.74. The molecule has 0 bridgehead atoms. The van der Waals surface area contributed by atoms with Crippen LogP contribution in [0, 0.1) is 5.92 Å². The quantitative estimate of drug-likeness (QED) is 0.120. The minimum Gasteiger partial charge on any atom is -0.445 e. The number of aliphatic hydroxyl groups is 2. The van der Waals surface area contributed by atoms with E-state index in [0.29, 0.717) is 12.1 Å². The van der Waals surface area contributed by atoms with Crippen molar-refractivity contribution >= 4 is 28.7 Å². The first-order valence-corrected chi connectivity index (χ1v) is 15.0. The minimum absolute atomic E-state index is 0.0184. The molecular weight excluding hydrogens is 574 g/mol. The van der Waals surface area contributed by atoms with E-state index in [2.05, 4.69) is 25.9 Å². The number of nitrogens with one attached hydrogen (secondary N) is 4. The average molecular weight is 616 g/mol. The van der Waals surface area contributed by atoms with E-state index < -0.39 is 48.7 Å². The number of fused-ring (bicyclic) bond motifs is 1. The van der Waals surface area contributed by atoms with Crippen LogP contribution < -0.4 is 16.0 Å². The molecule has 45 heavy (non-hydrogen) atoms. The summed E-state index contributed by atoms with van der Waals surface area (Å²) in [6.07, 6.45) is 1.67. The first-order chi connectivity index (χ1) is 21.7. The van der Waals surface area contributed by atoms with E-state index in [1.54, 1.807) is 6.20 Å². The van der Waals surface area contributed by atoms with E-state index in [1.807, 2.05) is 86.6 Å². The lowest BCUT2D eigenvalue weighted by Crippen LogP contribution is -2.57. The molecule has 6 N–H and O–H groups in total. The molecule has 238 valence electrons. The molecule has 0 saturated carbocycles. The van der Waals surface area contributed by atoms with Crippen LogP contribution in [0.2, 0.25) is 0 Å². The smallest absolute Gasteiger partial charge is 0.408 e. The Morgan fingerprint density at radius 1 is 0.867 bits per heavy atom. The van der Waals surface area contributed by atoms with Crippen LogP contribution in [0.5, 0.6) is 0 Å². The standard InChI is InChI=1S/C34H41N5O6/c1-22(2)15-28(31(41)19-40)37-33(43)30(17-26-18-35-21-36-26)38-32(42)29(39-34(44)45-20-23-9-4-3-5-10-23)16-25-13-8-12-24-11-6-7-14-27(24)25/h3-14,18,21-22,28-31,40-41H,15-17,19-20H2,1-2H3,(H,35,36)(H,37,43)(H,38,42)(H,39,44)/t28-,29-,30-,31+/m0/s1. The predicted molar refractivity (Wildman–Crippen MR) is 170 cm³/mol. The Kier molecular flexibility index (Phi) is 12.1. The molecule has 4 rings (SSSR count). The largest absolute Gasteiger partial charge is 0.445 e. The Morgan fingerprint density at radius 2 is 1.56 bits per heavy atom. The van der Waals surface area contributed by atoms with Crippen molar-refractivity contribution < 1.29 is 29.3 Å². The molecule has 0 spiro atoms. The molecule has 11 heteroatoms. The van der Waals surface area contributed by atoms with Crippen LogP contribution in [0.15, 0.2) is 85.3 Å². The third-order valence-corrected chi connectivity index (χ3v) is 7.44. The number of benzene rings is 3. The fourth-order valence-electron chi connectivity index (χ4n) is 5.14. The first kappa shape index (κ1) is 33.2. The van der Waals surface area contributed by atoms with E-state index in [1.165, 1.54) is 6.33 Å². The molecule has 0 fully saturated rings. The second-order valence-corrected chi connectivity index (χ2v) is 11.4. The molecule has 4 atom stereocenters. The number of carbonyl (C=O) groups is 3. The second-order valence-electron chi connectivity index (χ2n) is 11.4. The van der Waals surface area contributed by atoms with Gasteiger partial charge in [-0.3, -0.25) is 9.59 Å². The molecule has 0 aliphatic heterocycles. The molecule has 1 aromatic heterocycles. The Morgan fingerprint density at radius 3 is 2.27 bits per heavy atom. The van der Waals surface area contributed by atoms with Crippen LogP contribution in [0.25, 0.3) is 10.8 Å². The number of ether oxygens (including phenoxy) is 1. The molecule has 0 radical (unpaired) electrons. The van der Waals surface area contributed by atoms with Crippen LogP contribution in [0.4, 0.5) is 4.79 Å². The third kappa shape index (κ3) is 9.88. The Bertz CT molecular complexity index is 1520. The van der Waals surface area contributed by atoms with Gasteiger partial charge in [0, 0.05) is 24.7 Å². The number of carbonyl (C=O) groups excluding carboxylic acids is 3. The summed E-state index contributed by atoms with van der Waals surface area (Å²) in [7, 11) is 0. The molecule has 3 aromatic carbocycles. The van der Waals surface area contributed by atoms with Gasteiger partial charge in [-0.25, -0.2) is 9.78 Å². The van der Waals surface area contributed by atoms with Crippen molar-refractivity contribution in [3.05, 3.63) is 102 Å². The van der Waals surface area contributed by atoms with Crippen LogP contribution in [0.3, 0.4) is 0 Å². The highest BCUT2D eigenvalue weighted by atomic mass is 16.5. The van der Waals surface area contributed by atoms with Gasteiger partial charge in [-0.15, -0.1) is 0 Å². The van der Waals surface area contributed by atoms with Crippen LogP contribution in [0.1, 0.15) is 37.1 Å². The number of rotatable bonds is 15. The van der Waals surface area contributed by atoms with E-state index in [-0.39, 0.29) is 25.4 Å². The van der Waals surface area contributed by atoms with E-state index in [0.717, 1.165) is 21.9 Å². The number of amides is 3. The summed E-state index contributed by atoms with van der Waals surface area (Å²) in [4.78, 5) is 47.4. The molecule has 0 aliphatic carbocycles.